The average Bonchev–Trinajstić information content (AvgIpc) is 2.34. The van der Waals surface area contributed by atoms with E-state index in [9.17, 15) is 5.11 Å². The standard InChI is InChI=1S/C15H25NO/c1-12(2)15(11-17)16-13(3)9-10-14-7-5-4-6-8-14/h4-8,12-13,15-17H,9-11H2,1-3H3/t13?,15-/m1/s1. The van der Waals surface area contributed by atoms with Gasteiger partial charge >= 0.3 is 0 Å². The summed E-state index contributed by atoms with van der Waals surface area (Å²) in [6.07, 6.45) is 2.19. The van der Waals surface area contributed by atoms with Gasteiger partial charge in [-0.1, -0.05) is 44.2 Å². The summed E-state index contributed by atoms with van der Waals surface area (Å²) in [6.45, 7) is 6.68. The largest absolute Gasteiger partial charge is 0.395 e. The zero-order valence-electron chi connectivity index (χ0n) is 11.2. The van der Waals surface area contributed by atoms with Gasteiger partial charge in [-0.05, 0) is 31.2 Å². The van der Waals surface area contributed by atoms with E-state index in [-0.39, 0.29) is 12.6 Å². The number of nitrogens with one attached hydrogen (secondary N) is 1. The van der Waals surface area contributed by atoms with Gasteiger partial charge in [0.25, 0.3) is 0 Å². The zero-order chi connectivity index (χ0) is 12.7. The molecule has 96 valence electrons. The Morgan fingerprint density at radius 2 is 1.76 bits per heavy atom. The highest BCUT2D eigenvalue weighted by molar-refractivity contribution is 5.14. The molecule has 1 aromatic rings. The molecule has 0 fully saturated rings. The summed E-state index contributed by atoms with van der Waals surface area (Å²) < 4.78 is 0. The van der Waals surface area contributed by atoms with Crippen LogP contribution in [0.15, 0.2) is 30.3 Å². The van der Waals surface area contributed by atoms with Crippen molar-refractivity contribution in [2.75, 3.05) is 6.61 Å². The molecule has 0 aromatic heterocycles. The highest BCUT2D eigenvalue weighted by atomic mass is 16.3. The molecule has 0 aliphatic carbocycles. The van der Waals surface area contributed by atoms with Crippen LogP contribution in [0.1, 0.15) is 32.8 Å². The van der Waals surface area contributed by atoms with E-state index in [2.05, 4.69) is 50.4 Å². The monoisotopic (exact) mass is 235 g/mol. The molecule has 1 rings (SSSR count). The van der Waals surface area contributed by atoms with Gasteiger partial charge in [0.15, 0.2) is 0 Å². The predicted molar refractivity (Wildman–Crippen MR) is 73.1 cm³/mol. The Labute approximate surface area is 105 Å². The molecule has 2 N–H and O–H groups in total. The van der Waals surface area contributed by atoms with Gasteiger partial charge in [0.05, 0.1) is 6.61 Å². The summed E-state index contributed by atoms with van der Waals surface area (Å²) in [5, 5.41) is 12.8. The molecule has 0 spiro atoms. The van der Waals surface area contributed by atoms with Crippen LogP contribution in [0.5, 0.6) is 0 Å². The first-order chi connectivity index (χ1) is 8.13. The Balaban J connectivity index is 2.32. The first-order valence-corrected chi connectivity index (χ1v) is 6.54. The fraction of sp³-hybridized carbons (Fsp3) is 0.600. The highest BCUT2D eigenvalue weighted by Gasteiger charge is 2.14. The third kappa shape index (κ3) is 5.33. The van der Waals surface area contributed by atoms with E-state index in [0.717, 1.165) is 12.8 Å². The molecular formula is C15H25NO. The second-order valence-electron chi connectivity index (χ2n) is 5.13. The van der Waals surface area contributed by atoms with Crippen LogP contribution in [0.4, 0.5) is 0 Å². The maximum atomic E-state index is 9.27. The summed E-state index contributed by atoms with van der Waals surface area (Å²) in [4.78, 5) is 0. The molecule has 17 heavy (non-hydrogen) atoms. The fourth-order valence-corrected chi connectivity index (χ4v) is 1.93. The summed E-state index contributed by atoms with van der Waals surface area (Å²) in [5.41, 5.74) is 1.38. The number of rotatable bonds is 7. The number of aryl methyl sites for hydroxylation is 1. The third-order valence-electron chi connectivity index (χ3n) is 3.21. The minimum atomic E-state index is 0.209. The van der Waals surface area contributed by atoms with Gasteiger partial charge in [-0.2, -0.15) is 0 Å². The Morgan fingerprint density at radius 1 is 1.12 bits per heavy atom. The second kappa shape index (κ2) is 7.46. The normalized spacial score (nSPS) is 14.9. The van der Waals surface area contributed by atoms with Gasteiger partial charge < -0.3 is 10.4 Å². The van der Waals surface area contributed by atoms with E-state index in [0.29, 0.717) is 12.0 Å². The van der Waals surface area contributed by atoms with E-state index < -0.39 is 0 Å². The molecular weight excluding hydrogens is 210 g/mol. The fourth-order valence-electron chi connectivity index (χ4n) is 1.93. The minimum absolute atomic E-state index is 0.209. The van der Waals surface area contributed by atoms with Crippen LogP contribution in [-0.2, 0) is 6.42 Å². The van der Waals surface area contributed by atoms with Crippen molar-refractivity contribution in [2.24, 2.45) is 5.92 Å². The van der Waals surface area contributed by atoms with Gasteiger partial charge in [0.2, 0.25) is 0 Å². The van der Waals surface area contributed by atoms with Gasteiger partial charge in [-0.25, -0.2) is 0 Å². The lowest BCUT2D eigenvalue weighted by Crippen LogP contribution is -2.42. The molecule has 0 saturated heterocycles. The van der Waals surface area contributed by atoms with Crippen LogP contribution in [0.2, 0.25) is 0 Å². The molecule has 0 radical (unpaired) electrons. The second-order valence-corrected chi connectivity index (χ2v) is 5.13. The molecule has 0 aliphatic rings. The quantitative estimate of drug-likeness (QED) is 0.761. The van der Waals surface area contributed by atoms with Crippen molar-refractivity contribution in [1.82, 2.24) is 5.32 Å². The number of aliphatic hydroxyl groups is 1. The number of hydrogen-bond donors (Lipinski definition) is 2. The highest BCUT2D eigenvalue weighted by Crippen LogP contribution is 2.07. The van der Waals surface area contributed by atoms with Crippen molar-refractivity contribution in [3.05, 3.63) is 35.9 Å². The maximum Gasteiger partial charge on any atom is 0.0587 e. The molecule has 1 aromatic carbocycles. The smallest absolute Gasteiger partial charge is 0.0587 e. The Hall–Kier alpha value is -0.860. The third-order valence-corrected chi connectivity index (χ3v) is 3.21. The summed E-state index contributed by atoms with van der Waals surface area (Å²) >= 11 is 0. The molecule has 0 amide bonds. The zero-order valence-corrected chi connectivity index (χ0v) is 11.2. The van der Waals surface area contributed by atoms with Crippen LogP contribution < -0.4 is 5.32 Å². The summed E-state index contributed by atoms with van der Waals surface area (Å²) in [7, 11) is 0. The molecule has 0 saturated carbocycles. The lowest BCUT2D eigenvalue weighted by molar-refractivity contribution is 0.199. The Kier molecular flexibility index (Phi) is 6.23. The number of aliphatic hydroxyl groups excluding tert-OH is 1. The van der Waals surface area contributed by atoms with E-state index in [1.54, 1.807) is 0 Å². The summed E-state index contributed by atoms with van der Waals surface area (Å²) in [5.74, 6) is 0.471. The first-order valence-electron chi connectivity index (χ1n) is 6.54. The van der Waals surface area contributed by atoms with E-state index in [1.165, 1.54) is 5.56 Å². The van der Waals surface area contributed by atoms with Gasteiger partial charge in [0.1, 0.15) is 0 Å². The Bertz CT molecular complexity index is 297. The van der Waals surface area contributed by atoms with E-state index in [4.69, 9.17) is 0 Å². The van der Waals surface area contributed by atoms with Crippen molar-refractivity contribution in [1.29, 1.82) is 0 Å². The van der Waals surface area contributed by atoms with Gasteiger partial charge in [-0.15, -0.1) is 0 Å². The van der Waals surface area contributed by atoms with Gasteiger partial charge in [-0.3, -0.25) is 0 Å². The van der Waals surface area contributed by atoms with Crippen molar-refractivity contribution < 1.29 is 5.11 Å². The SMILES string of the molecule is CC(CCc1ccccc1)N[C@H](CO)C(C)C. The van der Waals surface area contributed by atoms with Crippen molar-refractivity contribution in [3.8, 4) is 0 Å². The first kappa shape index (κ1) is 14.2. The summed E-state index contributed by atoms with van der Waals surface area (Å²) in [6, 6.07) is 11.2. The minimum Gasteiger partial charge on any atom is -0.395 e. The molecule has 2 nitrogen and oxygen atoms in total. The van der Waals surface area contributed by atoms with Crippen LogP contribution in [0, 0.1) is 5.92 Å². The predicted octanol–water partition coefficient (Wildman–Crippen LogP) is 2.61. The number of benzene rings is 1. The topological polar surface area (TPSA) is 32.3 Å². The Morgan fingerprint density at radius 3 is 2.29 bits per heavy atom. The van der Waals surface area contributed by atoms with E-state index >= 15 is 0 Å². The van der Waals surface area contributed by atoms with Crippen LogP contribution in [0.3, 0.4) is 0 Å². The van der Waals surface area contributed by atoms with Crippen molar-refractivity contribution in [3.63, 3.8) is 0 Å². The van der Waals surface area contributed by atoms with Crippen LogP contribution >= 0.6 is 0 Å². The van der Waals surface area contributed by atoms with Gasteiger partial charge in [0, 0.05) is 12.1 Å². The van der Waals surface area contributed by atoms with E-state index in [1.807, 2.05) is 6.07 Å². The molecule has 0 heterocycles. The molecule has 2 heteroatoms. The molecule has 0 bridgehead atoms. The lowest BCUT2D eigenvalue weighted by atomic mass is 10.0. The van der Waals surface area contributed by atoms with Crippen molar-refractivity contribution >= 4 is 0 Å². The molecule has 1 unspecified atom stereocenters. The van der Waals surface area contributed by atoms with Crippen LogP contribution in [0.25, 0.3) is 0 Å². The molecule has 2 atom stereocenters. The van der Waals surface area contributed by atoms with Crippen LogP contribution in [-0.4, -0.2) is 23.8 Å². The van der Waals surface area contributed by atoms with Crippen molar-refractivity contribution in [2.45, 2.75) is 45.7 Å². The molecule has 0 aliphatic heterocycles. The number of hydrogen-bond acceptors (Lipinski definition) is 2. The average molecular weight is 235 g/mol. The lowest BCUT2D eigenvalue weighted by Gasteiger charge is -2.24. The maximum absolute atomic E-state index is 9.27.